The summed E-state index contributed by atoms with van der Waals surface area (Å²) < 4.78 is 0. The molecule has 0 aromatic heterocycles. The van der Waals surface area contributed by atoms with Gasteiger partial charge in [-0.05, 0) is 174 Å². The number of hydrogen-bond donors (Lipinski definition) is 0. The van der Waals surface area contributed by atoms with Crippen molar-refractivity contribution >= 4 is 43.7 Å². The van der Waals surface area contributed by atoms with Gasteiger partial charge in [0.2, 0.25) is 0 Å². The number of hydrogen-bond acceptors (Lipinski definition) is 1. The van der Waals surface area contributed by atoms with Gasteiger partial charge in [-0.15, -0.1) is 6.58 Å². The van der Waals surface area contributed by atoms with E-state index in [1.807, 2.05) is 6.08 Å². The van der Waals surface area contributed by atoms with Gasteiger partial charge in [0.05, 0.1) is 5.41 Å². The summed E-state index contributed by atoms with van der Waals surface area (Å²) in [6, 6.07) is 83.6. The molecule has 344 valence electrons. The summed E-state index contributed by atoms with van der Waals surface area (Å²) >= 11 is 0. The molecule has 0 saturated heterocycles. The highest BCUT2D eigenvalue weighted by atomic mass is 15.1. The van der Waals surface area contributed by atoms with E-state index >= 15 is 0 Å². The molecular weight excluding hydrogens is 867 g/mol. The van der Waals surface area contributed by atoms with Crippen molar-refractivity contribution in [1.29, 1.82) is 0 Å². The minimum absolute atomic E-state index is 0.293. The number of benzene rings is 10. The average molecular weight is 922 g/mol. The van der Waals surface area contributed by atoms with E-state index in [0.717, 1.165) is 43.5 Å². The molecule has 1 heteroatoms. The maximum atomic E-state index is 4.05. The lowest BCUT2D eigenvalue weighted by molar-refractivity contribution is 0.680. The van der Waals surface area contributed by atoms with E-state index in [9.17, 15) is 0 Å². The topological polar surface area (TPSA) is 3.24 Å². The van der Waals surface area contributed by atoms with Crippen molar-refractivity contribution in [2.75, 3.05) is 4.90 Å². The average Bonchev–Trinajstić information content (AvgIpc) is 3.76. The van der Waals surface area contributed by atoms with Crippen molar-refractivity contribution in [2.24, 2.45) is 0 Å². The van der Waals surface area contributed by atoms with E-state index in [0.29, 0.717) is 5.92 Å². The first kappa shape index (κ1) is 43.5. The van der Waals surface area contributed by atoms with Crippen LogP contribution in [0.1, 0.15) is 59.4 Å². The molecule has 0 N–H and O–H groups in total. The van der Waals surface area contributed by atoms with Crippen LogP contribution in [0.2, 0.25) is 0 Å². The van der Waals surface area contributed by atoms with Gasteiger partial charge >= 0.3 is 0 Å². The Kier molecular flexibility index (Phi) is 11.1. The van der Waals surface area contributed by atoms with Gasteiger partial charge in [0.1, 0.15) is 0 Å². The predicted octanol–water partition coefficient (Wildman–Crippen LogP) is 18.7. The second-order valence-corrected chi connectivity index (χ2v) is 19.8. The Morgan fingerprint density at radius 1 is 0.472 bits per heavy atom. The molecule has 0 radical (unpaired) electrons. The summed E-state index contributed by atoms with van der Waals surface area (Å²) in [6.07, 6.45) is 16.6. The Labute approximate surface area is 423 Å². The van der Waals surface area contributed by atoms with E-state index in [4.69, 9.17) is 0 Å². The summed E-state index contributed by atoms with van der Waals surface area (Å²) in [4.78, 5) is 2.49. The van der Waals surface area contributed by atoms with Gasteiger partial charge in [0, 0.05) is 23.0 Å². The van der Waals surface area contributed by atoms with Crippen molar-refractivity contribution in [3.05, 3.63) is 312 Å². The van der Waals surface area contributed by atoms with E-state index in [2.05, 4.69) is 260 Å². The molecule has 72 heavy (non-hydrogen) atoms. The fraction of sp³-hybridized carbons (Fsp3) is 0.0986. The van der Waals surface area contributed by atoms with Gasteiger partial charge < -0.3 is 4.90 Å². The maximum absolute atomic E-state index is 4.05. The molecule has 0 spiro atoms. The van der Waals surface area contributed by atoms with Gasteiger partial charge in [0.25, 0.3) is 0 Å². The van der Waals surface area contributed by atoms with E-state index in [1.165, 1.54) is 105 Å². The smallest absolute Gasteiger partial charge is 0.0673 e. The summed E-state index contributed by atoms with van der Waals surface area (Å²) in [5, 5.41) is 7.65. The minimum atomic E-state index is -0.339. The van der Waals surface area contributed by atoms with Crippen molar-refractivity contribution in [2.45, 2.75) is 43.4 Å². The number of fused-ring (bicyclic) bond motifs is 7. The minimum Gasteiger partial charge on any atom is -0.314 e. The van der Waals surface area contributed by atoms with Crippen LogP contribution >= 0.6 is 0 Å². The second kappa shape index (κ2) is 18.3. The lowest BCUT2D eigenvalue weighted by atomic mass is 9.65. The Balaban J connectivity index is 0.892. The van der Waals surface area contributed by atoms with E-state index in [1.54, 1.807) is 0 Å². The Hall–Kier alpha value is -8.52. The molecule has 1 atom stereocenters. The largest absolute Gasteiger partial charge is 0.314 e. The normalized spacial score (nSPS) is 15.8. The lowest BCUT2D eigenvalue weighted by Gasteiger charge is -2.36. The third-order valence-corrected chi connectivity index (χ3v) is 15.9. The van der Waals surface area contributed by atoms with Crippen LogP contribution in [0.25, 0.3) is 54.6 Å². The van der Waals surface area contributed by atoms with Crippen LogP contribution < -0.4 is 4.90 Å². The highest BCUT2D eigenvalue weighted by molar-refractivity contribution is 6.13. The standard InChI is InChI=1S/C71H55N/c1-2-3-18-55-45-52-19-10-11-20-53(52)46-66(55)50-33-40-60(41-34-50)72(61-42-35-51(36-43-61)67-48-56-21-12-13-26-62(56)63-27-14-15-28-64(63)67)59-38-31-49(32-39-59)54-37-44-70-68(47-54)65-29-16-17-30-69(65)71(70,57-22-6-4-7-23-57)58-24-8-5-9-25-58/h2,4-17,19-31,33-38,40-46,48,68H,1,3,18,32,39,47H2. The first-order valence-corrected chi connectivity index (χ1v) is 25.7. The molecular formula is C71H55N. The molecule has 1 unspecified atom stereocenters. The van der Waals surface area contributed by atoms with E-state index in [-0.39, 0.29) is 5.41 Å². The summed E-state index contributed by atoms with van der Waals surface area (Å²) in [7, 11) is 0. The van der Waals surface area contributed by atoms with Crippen LogP contribution in [0.4, 0.5) is 11.4 Å². The third kappa shape index (κ3) is 7.39. The number of aryl methyl sites for hydroxylation is 1. The van der Waals surface area contributed by atoms with Gasteiger partial charge in [-0.3, -0.25) is 0 Å². The van der Waals surface area contributed by atoms with Gasteiger partial charge in [-0.2, -0.15) is 0 Å². The van der Waals surface area contributed by atoms with Crippen LogP contribution in [-0.4, -0.2) is 0 Å². The number of rotatable bonds is 11. The lowest BCUT2D eigenvalue weighted by Crippen LogP contribution is -2.30. The highest BCUT2D eigenvalue weighted by Crippen LogP contribution is 2.60. The van der Waals surface area contributed by atoms with Gasteiger partial charge in [0.15, 0.2) is 0 Å². The van der Waals surface area contributed by atoms with Crippen molar-refractivity contribution in [3.63, 3.8) is 0 Å². The molecule has 0 aliphatic heterocycles. The van der Waals surface area contributed by atoms with Crippen LogP contribution in [0.3, 0.4) is 0 Å². The molecule has 0 saturated carbocycles. The molecule has 10 aromatic carbocycles. The molecule has 0 amide bonds. The maximum Gasteiger partial charge on any atom is 0.0673 e. The first-order chi connectivity index (χ1) is 35.7. The van der Waals surface area contributed by atoms with Gasteiger partial charge in [-0.1, -0.05) is 212 Å². The van der Waals surface area contributed by atoms with Crippen molar-refractivity contribution in [1.82, 2.24) is 0 Å². The SMILES string of the molecule is C=CCCc1cc2ccccc2cc1-c1ccc(N(C2=CC=C(C3=CC=C4C(C3)c3ccccc3C4(c3ccccc3)c3ccccc3)CC2)c2ccc(-c3cc4ccccc4c4ccccc34)cc2)cc1. The zero-order valence-corrected chi connectivity index (χ0v) is 40.5. The van der Waals surface area contributed by atoms with E-state index < -0.39 is 0 Å². The van der Waals surface area contributed by atoms with Gasteiger partial charge in [-0.25, -0.2) is 0 Å². The first-order valence-electron chi connectivity index (χ1n) is 25.7. The molecule has 1 nitrogen and oxygen atoms in total. The Bertz CT molecular complexity index is 3790. The quantitative estimate of drug-likeness (QED) is 0.0923. The number of nitrogens with zero attached hydrogens (tertiary/aromatic N) is 1. The Morgan fingerprint density at radius 2 is 1.03 bits per heavy atom. The zero-order chi connectivity index (χ0) is 48.0. The number of allylic oxidation sites excluding steroid dienone is 9. The molecule has 13 rings (SSSR count). The van der Waals surface area contributed by atoms with Crippen LogP contribution in [0.15, 0.2) is 284 Å². The monoisotopic (exact) mass is 921 g/mol. The van der Waals surface area contributed by atoms with Crippen LogP contribution in [0, 0.1) is 0 Å². The zero-order valence-electron chi connectivity index (χ0n) is 40.5. The molecule has 0 fully saturated rings. The Morgan fingerprint density at radius 3 is 1.69 bits per heavy atom. The van der Waals surface area contributed by atoms with Crippen LogP contribution in [0.5, 0.6) is 0 Å². The molecule has 3 aliphatic carbocycles. The van der Waals surface area contributed by atoms with Crippen LogP contribution in [-0.2, 0) is 11.8 Å². The molecule has 0 bridgehead atoms. The summed E-state index contributed by atoms with van der Waals surface area (Å²) in [6.45, 7) is 4.05. The fourth-order valence-corrected chi connectivity index (χ4v) is 12.5. The summed E-state index contributed by atoms with van der Waals surface area (Å²) in [5.41, 5.74) is 19.5. The molecule has 0 heterocycles. The second-order valence-electron chi connectivity index (χ2n) is 19.8. The highest BCUT2D eigenvalue weighted by Gasteiger charge is 2.50. The predicted molar refractivity (Wildman–Crippen MR) is 305 cm³/mol. The fourth-order valence-electron chi connectivity index (χ4n) is 12.5. The molecule has 10 aromatic rings. The molecule has 3 aliphatic rings. The number of anilines is 2. The van der Waals surface area contributed by atoms with Crippen molar-refractivity contribution in [3.8, 4) is 22.3 Å². The van der Waals surface area contributed by atoms with Crippen molar-refractivity contribution < 1.29 is 0 Å². The third-order valence-electron chi connectivity index (χ3n) is 15.9. The summed E-state index contributed by atoms with van der Waals surface area (Å²) in [5.74, 6) is 0.293.